The average molecular weight is 547 g/mol. The number of carbonyl (C=O) groups is 1. The highest BCUT2D eigenvalue weighted by atomic mass is 79.9. The van der Waals surface area contributed by atoms with E-state index < -0.39 is 16.1 Å². The number of hydrogen-bond donors (Lipinski definition) is 3. The lowest BCUT2D eigenvalue weighted by Crippen LogP contribution is -2.40. The number of rotatable bonds is 6. The fourth-order valence-corrected chi connectivity index (χ4v) is 6.07. The van der Waals surface area contributed by atoms with Gasteiger partial charge >= 0.3 is 6.09 Å². The molecular weight excluding hydrogens is 526 g/mol. The van der Waals surface area contributed by atoms with Gasteiger partial charge in [-0.1, -0.05) is 28.1 Å². The van der Waals surface area contributed by atoms with E-state index in [1.54, 1.807) is 18.2 Å². The van der Waals surface area contributed by atoms with Gasteiger partial charge in [-0.2, -0.15) is 0 Å². The number of halogens is 2. The zero-order chi connectivity index (χ0) is 21.2. The number of aryl methyl sites for hydroxylation is 1. The van der Waals surface area contributed by atoms with Crippen molar-refractivity contribution in [1.29, 1.82) is 0 Å². The van der Waals surface area contributed by atoms with Crippen LogP contribution in [0.3, 0.4) is 0 Å². The number of hydrogen-bond acceptors (Lipinski definition) is 4. The van der Waals surface area contributed by atoms with Gasteiger partial charge in [-0.05, 0) is 65.2 Å². The van der Waals surface area contributed by atoms with Crippen molar-refractivity contribution < 1.29 is 18.3 Å². The van der Waals surface area contributed by atoms with Crippen molar-refractivity contribution in [3.8, 4) is 0 Å². The molecule has 0 aromatic heterocycles. The Labute approximate surface area is 186 Å². The monoisotopic (exact) mass is 545 g/mol. The van der Waals surface area contributed by atoms with Crippen molar-refractivity contribution in [2.75, 3.05) is 18.0 Å². The minimum Gasteiger partial charge on any atom is -0.465 e. The number of benzene rings is 2. The van der Waals surface area contributed by atoms with E-state index in [2.05, 4.69) is 41.9 Å². The van der Waals surface area contributed by atoms with E-state index >= 15 is 0 Å². The lowest BCUT2D eigenvalue weighted by molar-refractivity contribution is 0.201. The Morgan fingerprint density at radius 3 is 2.72 bits per heavy atom. The highest BCUT2D eigenvalue weighted by Gasteiger charge is 2.31. The van der Waals surface area contributed by atoms with Crippen LogP contribution in [0.15, 0.2) is 56.3 Å². The van der Waals surface area contributed by atoms with Gasteiger partial charge in [-0.3, -0.25) is 4.90 Å². The number of anilines is 1. The highest BCUT2D eigenvalue weighted by Crippen LogP contribution is 2.26. The molecule has 0 unspecified atom stereocenters. The Kier molecular flexibility index (Phi) is 7.00. The maximum Gasteiger partial charge on any atom is 0.411 e. The average Bonchev–Trinajstić information content (AvgIpc) is 3.07. The molecule has 2 atom stereocenters. The molecule has 1 amide bonds. The molecule has 0 aliphatic carbocycles. The summed E-state index contributed by atoms with van der Waals surface area (Å²) in [6.07, 6.45) is -0.556. The largest absolute Gasteiger partial charge is 0.465 e. The topological polar surface area (TPSA) is 98.7 Å². The van der Waals surface area contributed by atoms with E-state index in [0.717, 1.165) is 5.56 Å². The lowest BCUT2D eigenvalue weighted by Gasteiger charge is -2.23. The molecule has 0 spiro atoms. The van der Waals surface area contributed by atoms with Crippen molar-refractivity contribution in [2.24, 2.45) is 0 Å². The Morgan fingerprint density at radius 1 is 1.28 bits per heavy atom. The number of amides is 1. The van der Waals surface area contributed by atoms with Crippen LogP contribution in [0.1, 0.15) is 12.0 Å². The van der Waals surface area contributed by atoms with Gasteiger partial charge in [0.2, 0.25) is 10.0 Å². The maximum atomic E-state index is 12.8. The van der Waals surface area contributed by atoms with Gasteiger partial charge in [0.05, 0.1) is 4.90 Å². The molecule has 156 valence electrons. The van der Waals surface area contributed by atoms with Crippen LogP contribution >= 0.6 is 31.9 Å². The Morgan fingerprint density at radius 2 is 2.03 bits per heavy atom. The van der Waals surface area contributed by atoms with Crippen molar-refractivity contribution in [3.05, 3.63) is 57.0 Å². The molecule has 2 aromatic rings. The van der Waals surface area contributed by atoms with Crippen molar-refractivity contribution >= 4 is 53.7 Å². The third-order valence-electron chi connectivity index (χ3n) is 4.67. The maximum absolute atomic E-state index is 12.8. The molecule has 29 heavy (non-hydrogen) atoms. The highest BCUT2D eigenvalue weighted by molar-refractivity contribution is 9.11. The quantitative estimate of drug-likeness (QED) is 0.513. The second-order valence-corrected chi connectivity index (χ2v) is 10.4. The van der Waals surface area contributed by atoms with E-state index in [4.69, 9.17) is 0 Å². The standard InChI is InChI=1S/C19H21Br2N3O4S/c1-12-3-2-4-16(7-12)24(19(25)26)11-15-9-14(10-22-15)23-29(27,28)18-8-13(20)5-6-17(18)21/h2-8,14-15,22-23H,9-11H2,1H3,(H,25,26)/t14-,15-/m1/s1. The SMILES string of the molecule is Cc1cccc(N(C[C@H]2C[C@@H](NS(=O)(=O)c3cc(Br)ccc3Br)CN2)C(=O)O)c1. The summed E-state index contributed by atoms with van der Waals surface area (Å²) in [4.78, 5) is 13.2. The van der Waals surface area contributed by atoms with Gasteiger partial charge < -0.3 is 10.4 Å². The summed E-state index contributed by atoms with van der Waals surface area (Å²) in [5, 5.41) is 12.8. The van der Waals surface area contributed by atoms with Crippen LogP contribution < -0.4 is 14.9 Å². The summed E-state index contributed by atoms with van der Waals surface area (Å²) in [7, 11) is -3.72. The molecule has 10 heteroatoms. The number of nitrogens with zero attached hydrogens (tertiary/aromatic N) is 1. The molecule has 3 rings (SSSR count). The van der Waals surface area contributed by atoms with Crippen LogP contribution in [0.25, 0.3) is 0 Å². The van der Waals surface area contributed by atoms with Crippen LogP contribution in [-0.2, 0) is 10.0 Å². The molecule has 1 aliphatic heterocycles. The minimum absolute atomic E-state index is 0.155. The Hall–Kier alpha value is -1.46. The van der Waals surface area contributed by atoms with Gasteiger partial charge in [0.1, 0.15) is 0 Å². The Bertz CT molecular complexity index is 1020. The molecule has 0 saturated carbocycles. The van der Waals surface area contributed by atoms with Gasteiger partial charge in [-0.15, -0.1) is 0 Å². The molecule has 1 heterocycles. The molecular formula is C19H21Br2N3O4S. The third-order valence-corrected chi connectivity index (χ3v) is 7.68. The molecule has 1 fully saturated rings. The normalized spacial score (nSPS) is 19.3. The number of nitrogens with one attached hydrogen (secondary N) is 2. The molecule has 0 bridgehead atoms. The van der Waals surface area contributed by atoms with E-state index in [1.165, 1.54) is 11.0 Å². The van der Waals surface area contributed by atoms with E-state index in [-0.39, 0.29) is 23.5 Å². The summed E-state index contributed by atoms with van der Waals surface area (Å²) in [6.45, 7) is 2.57. The van der Waals surface area contributed by atoms with Crippen LogP contribution in [0.4, 0.5) is 10.5 Å². The first-order valence-electron chi connectivity index (χ1n) is 8.93. The predicted octanol–water partition coefficient (Wildman–Crippen LogP) is 3.71. The molecule has 3 N–H and O–H groups in total. The first-order valence-corrected chi connectivity index (χ1v) is 12.0. The van der Waals surface area contributed by atoms with Crippen LogP contribution in [-0.4, -0.2) is 44.8 Å². The summed E-state index contributed by atoms with van der Waals surface area (Å²) in [6, 6.07) is 11.8. The van der Waals surface area contributed by atoms with Gasteiger partial charge in [0.15, 0.2) is 0 Å². The molecule has 1 saturated heterocycles. The summed E-state index contributed by atoms with van der Waals surface area (Å²) in [5.74, 6) is 0. The lowest BCUT2D eigenvalue weighted by atomic mass is 10.1. The van der Waals surface area contributed by atoms with Crippen LogP contribution in [0, 0.1) is 6.92 Å². The van der Waals surface area contributed by atoms with Crippen molar-refractivity contribution in [3.63, 3.8) is 0 Å². The minimum atomic E-state index is -3.72. The smallest absolute Gasteiger partial charge is 0.411 e. The summed E-state index contributed by atoms with van der Waals surface area (Å²) < 4.78 is 29.4. The summed E-state index contributed by atoms with van der Waals surface area (Å²) in [5.41, 5.74) is 1.57. The zero-order valence-electron chi connectivity index (χ0n) is 15.6. The fraction of sp³-hybridized carbons (Fsp3) is 0.316. The molecule has 1 aliphatic rings. The van der Waals surface area contributed by atoms with Crippen molar-refractivity contribution in [2.45, 2.75) is 30.3 Å². The molecule has 7 nitrogen and oxygen atoms in total. The van der Waals surface area contributed by atoms with Gasteiger partial charge in [-0.25, -0.2) is 17.9 Å². The molecule has 2 aromatic carbocycles. The zero-order valence-corrected chi connectivity index (χ0v) is 19.6. The van der Waals surface area contributed by atoms with Crippen LogP contribution in [0.5, 0.6) is 0 Å². The second kappa shape index (κ2) is 9.13. The van der Waals surface area contributed by atoms with E-state index in [0.29, 0.717) is 27.6 Å². The fourth-order valence-electron chi connectivity index (χ4n) is 3.32. The number of sulfonamides is 1. The first kappa shape index (κ1) is 22.2. The van der Waals surface area contributed by atoms with E-state index in [1.807, 2.05) is 25.1 Å². The van der Waals surface area contributed by atoms with Gasteiger partial charge in [0, 0.05) is 39.8 Å². The third kappa shape index (κ3) is 5.58. The second-order valence-electron chi connectivity index (χ2n) is 6.97. The predicted molar refractivity (Wildman–Crippen MR) is 119 cm³/mol. The van der Waals surface area contributed by atoms with Crippen molar-refractivity contribution in [1.82, 2.24) is 10.0 Å². The Balaban J connectivity index is 1.68. The van der Waals surface area contributed by atoms with Crippen LogP contribution in [0.2, 0.25) is 0 Å². The van der Waals surface area contributed by atoms with E-state index in [9.17, 15) is 18.3 Å². The molecule has 0 radical (unpaired) electrons. The summed E-state index contributed by atoms with van der Waals surface area (Å²) >= 11 is 6.57. The van der Waals surface area contributed by atoms with Gasteiger partial charge in [0.25, 0.3) is 0 Å². The first-order chi connectivity index (χ1) is 13.7. The number of carboxylic acid groups (broad SMARTS) is 1.